The van der Waals surface area contributed by atoms with Gasteiger partial charge in [0.05, 0.1) is 0 Å². The predicted molar refractivity (Wildman–Crippen MR) is 58.0 cm³/mol. The van der Waals surface area contributed by atoms with Gasteiger partial charge in [0.15, 0.2) is 0 Å². The van der Waals surface area contributed by atoms with Gasteiger partial charge in [0.25, 0.3) is 0 Å². The third kappa shape index (κ3) is 2.11. The van der Waals surface area contributed by atoms with Crippen molar-refractivity contribution in [2.75, 3.05) is 13.1 Å². The van der Waals surface area contributed by atoms with Gasteiger partial charge in [-0.1, -0.05) is 13.8 Å². The topological polar surface area (TPSA) is 86.7 Å². The highest BCUT2D eigenvalue weighted by Crippen LogP contribution is 2.52. The van der Waals surface area contributed by atoms with Crippen LogP contribution < -0.4 is 5.32 Å². The van der Waals surface area contributed by atoms with Gasteiger partial charge in [-0.3, -0.25) is 9.59 Å². The van der Waals surface area contributed by atoms with Crippen LogP contribution in [0, 0.1) is 11.3 Å². The Hall–Kier alpha value is -1.59. The Morgan fingerprint density at radius 3 is 2.53 bits per heavy atom. The molecule has 1 saturated carbocycles. The van der Waals surface area contributed by atoms with Crippen molar-refractivity contribution in [3.8, 4) is 0 Å². The lowest BCUT2D eigenvalue weighted by Crippen LogP contribution is -2.59. The van der Waals surface area contributed by atoms with E-state index in [1.165, 1.54) is 4.90 Å². The van der Waals surface area contributed by atoms with E-state index in [9.17, 15) is 14.4 Å². The molecule has 6 heteroatoms. The van der Waals surface area contributed by atoms with Crippen LogP contribution in [-0.4, -0.2) is 46.9 Å². The molecule has 2 unspecified atom stereocenters. The molecule has 6 nitrogen and oxygen atoms in total. The maximum atomic E-state index is 12.1. The lowest BCUT2D eigenvalue weighted by atomic mass is 10.1. The van der Waals surface area contributed by atoms with Crippen LogP contribution in [0.25, 0.3) is 0 Å². The number of piperazine rings is 1. The molecule has 0 spiro atoms. The highest BCUT2D eigenvalue weighted by Gasteiger charge is 2.53. The van der Waals surface area contributed by atoms with Gasteiger partial charge in [0.1, 0.15) is 12.6 Å². The third-order valence-corrected chi connectivity index (χ3v) is 3.56. The van der Waals surface area contributed by atoms with Crippen LogP contribution >= 0.6 is 0 Å². The molecule has 2 amide bonds. The second-order valence-corrected chi connectivity index (χ2v) is 5.37. The van der Waals surface area contributed by atoms with Crippen LogP contribution in [0.4, 0.5) is 0 Å². The molecule has 0 aromatic carbocycles. The van der Waals surface area contributed by atoms with Crippen molar-refractivity contribution < 1.29 is 19.5 Å². The molecular weight excluding hydrogens is 224 g/mol. The first-order valence-electron chi connectivity index (χ1n) is 5.63. The second-order valence-electron chi connectivity index (χ2n) is 5.37. The normalized spacial score (nSPS) is 30.7. The van der Waals surface area contributed by atoms with Gasteiger partial charge in [0.2, 0.25) is 11.8 Å². The Labute approximate surface area is 99.0 Å². The van der Waals surface area contributed by atoms with E-state index < -0.39 is 12.0 Å². The second kappa shape index (κ2) is 3.72. The Bertz CT molecular complexity index is 391. The van der Waals surface area contributed by atoms with Crippen molar-refractivity contribution in [3.05, 3.63) is 0 Å². The molecule has 2 N–H and O–H groups in total. The van der Waals surface area contributed by atoms with E-state index in [4.69, 9.17) is 5.11 Å². The summed E-state index contributed by atoms with van der Waals surface area (Å²) in [6.45, 7) is 3.78. The van der Waals surface area contributed by atoms with Crippen LogP contribution in [0.5, 0.6) is 0 Å². The van der Waals surface area contributed by atoms with Gasteiger partial charge in [0, 0.05) is 12.5 Å². The number of nitrogens with zero attached hydrogens (tertiary/aromatic N) is 1. The summed E-state index contributed by atoms with van der Waals surface area (Å²) in [5, 5.41) is 11.5. The molecule has 2 rings (SSSR count). The molecule has 0 bridgehead atoms. The highest BCUT2D eigenvalue weighted by molar-refractivity contribution is 5.93. The van der Waals surface area contributed by atoms with E-state index in [-0.39, 0.29) is 36.2 Å². The molecular formula is C11H16N2O4. The summed E-state index contributed by atoms with van der Waals surface area (Å²) < 4.78 is 0. The lowest BCUT2D eigenvalue weighted by Gasteiger charge is -2.33. The zero-order chi connectivity index (χ0) is 12.8. The summed E-state index contributed by atoms with van der Waals surface area (Å²) in [6, 6.07) is -0.934. The average Bonchev–Trinajstić information content (AvgIpc) is 2.86. The zero-order valence-corrected chi connectivity index (χ0v) is 9.90. The first-order chi connectivity index (χ1) is 7.83. The number of carbonyl (C=O) groups excluding carboxylic acids is 2. The molecule has 1 heterocycles. The maximum absolute atomic E-state index is 12.1. The third-order valence-electron chi connectivity index (χ3n) is 3.56. The molecule has 2 fully saturated rings. The van der Waals surface area contributed by atoms with Crippen molar-refractivity contribution >= 4 is 17.8 Å². The van der Waals surface area contributed by atoms with E-state index in [1.54, 1.807) is 0 Å². The summed E-state index contributed by atoms with van der Waals surface area (Å²) >= 11 is 0. The minimum absolute atomic E-state index is 0.00689. The molecule has 17 heavy (non-hydrogen) atoms. The molecule has 1 aliphatic heterocycles. The molecule has 1 aliphatic carbocycles. The fourth-order valence-electron chi connectivity index (χ4n) is 2.18. The summed E-state index contributed by atoms with van der Waals surface area (Å²) in [7, 11) is 0. The Balaban J connectivity index is 2.13. The number of carboxylic acids is 1. The molecule has 94 valence electrons. The highest BCUT2D eigenvalue weighted by atomic mass is 16.4. The van der Waals surface area contributed by atoms with Gasteiger partial charge < -0.3 is 15.3 Å². The first kappa shape index (κ1) is 11.9. The minimum atomic E-state index is -1.07. The minimum Gasteiger partial charge on any atom is -0.480 e. The van der Waals surface area contributed by atoms with E-state index in [2.05, 4.69) is 5.32 Å². The standard InChI is InChI=1S/C11H16N2O4/c1-11(2)3-6(11)9(15)13-5-8(14)12-4-7(13)10(16)17/h6-7H,3-5H2,1-2H3,(H,12,14)(H,16,17). The van der Waals surface area contributed by atoms with Crippen LogP contribution in [0.15, 0.2) is 0 Å². The van der Waals surface area contributed by atoms with E-state index in [1.807, 2.05) is 13.8 Å². The van der Waals surface area contributed by atoms with Gasteiger partial charge in [-0.15, -0.1) is 0 Å². The quantitative estimate of drug-likeness (QED) is 0.677. The molecule has 0 aromatic rings. The van der Waals surface area contributed by atoms with Crippen LogP contribution in [0.1, 0.15) is 20.3 Å². The van der Waals surface area contributed by atoms with Gasteiger partial charge >= 0.3 is 5.97 Å². The summed E-state index contributed by atoms with van der Waals surface area (Å²) in [5.41, 5.74) is -0.0614. The number of aliphatic carboxylic acids is 1. The monoisotopic (exact) mass is 240 g/mol. The van der Waals surface area contributed by atoms with Crippen LogP contribution in [0.2, 0.25) is 0 Å². The largest absolute Gasteiger partial charge is 0.480 e. The number of carbonyl (C=O) groups is 3. The lowest BCUT2D eigenvalue weighted by molar-refractivity contribution is -0.154. The van der Waals surface area contributed by atoms with Gasteiger partial charge in [-0.2, -0.15) is 0 Å². The number of rotatable bonds is 2. The van der Waals surface area contributed by atoms with E-state index >= 15 is 0 Å². The summed E-state index contributed by atoms with van der Waals surface area (Å²) in [4.78, 5) is 35.6. The fourth-order valence-corrected chi connectivity index (χ4v) is 2.18. The first-order valence-corrected chi connectivity index (χ1v) is 5.63. The van der Waals surface area contributed by atoms with Crippen molar-refractivity contribution in [2.24, 2.45) is 11.3 Å². The molecule has 2 atom stereocenters. The van der Waals surface area contributed by atoms with Gasteiger partial charge in [-0.25, -0.2) is 4.79 Å². The zero-order valence-electron chi connectivity index (χ0n) is 9.90. The number of carboxylic acid groups (broad SMARTS) is 1. The van der Waals surface area contributed by atoms with Gasteiger partial charge in [-0.05, 0) is 11.8 Å². The maximum Gasteiger partial charge on any atom is 0.328 e. The number of nitrogens with one attached hydrogen (secondary N) is 1. The predicted octanol–water partition coefficient (Wildman–Crippen LogP) is -0.556. The van der Waals surface area contributed by atoms with Crippen molar-refractivity contribution in [1.29, 1.82) is 0 Å². The summed E-state index contributed by atoms with van der Waals surface area (Å²) in [5.74, 6) is -1.72. The van der Waals surface area contributed by atoms with Crippen molar-refractivity contribution in [2.45, 2.75) is 26.3 Å². The fraction of sp³-hybridized carbons (Fsp3) is 0.727. The van der Waals surface area contributed by atoms with E-state index in [0.29, 0.717) is 0 Å². The smallest absolute Gasteiger partial charge is 0.328 e. The Morgan fingerprint density at radius 1 is 1.47 bits per heavy atom. The number of hydrogen-bond donors (Lipinski definition) is 2. The van der Waals surface area contributed by atoms with Crippen LogP contribution in [0.3, 0.4) is 0 Å². The van der Waals surface area contributed by atoms with Crippen molar-refractivity contribution in [1.82, 2.24) is 10.2 Å². The molecule has 0 radical (unpaired) electrons. The van der Waals surface area contributed by atoms with E-state index in [0.717, 1.165) is 6.42 Å². The average molecular weight is 240 g/mol. The number of hydrogen-bond acceptors (Lipinski definition) is 3. The Morgan fingerprint density at radius 2 is 2.06 bits per heavy atom. The SMILES string of the molecule is CC1(C)CC1C(=O)N1CC(=O)NCC1C(=O)O. The molecule has 2 aliphatic rings. The summed E-state index contributed by atoms with van der Waals surface area (Å²) in [6.07, 6.45) is 0.760. The molecule has 0 aromatic heterocycles. The Kier molecular flexibility index (Phi) is 2.60. The number of amides is 2. The molecule has 1 saturated heterocycles. The van der Waals surface area contributed by atoms with Crippen LogP contribution in [-0.2, 0) is 14.4 Å². The van der Waals surface area contributed by atoms with Crippen molar-refractivity contribution in [3.63, 3.8) is 0 Å².